The number of fused-ring (bicyclic) bond motifs is 1. The minimum atomic E-state index is -0.345. The number of nitrogens with zero attached hydrogens (tertiary/aromatic N) is 2. The average molecular weight is 281 g/mol. The second-order valence-electron chi connectivity index (χ2n) is 5.33. The second-order valence-corrected chi connectivity index (χ2v) is 5.33. The van der Waals surface area contributed by atoms with Crippen LogP contribution in [-0.2, 0) is 0 Å². The van der Waals surface area contributed by atoms with Crippen LogP contribution in [0.25, 0.3) is 22.2 Å². The Balaban J connectivity index is 1.74. The van der Waals surface area contributed by atoms with Crippen molar-refractivity contribution in [2.75, 3.05) is 6.54 Å². The van der Waals surface area contributed by atoms with E-state index in [0.29, 0.717) is 24.7 Å². The summed E-state index contributed by atoms with van der Waals surface area (Å²) < 4.78 is 5.37. The van der Waals surface area contributed by atoms with Crippen LogP contribution in [0.15, 0.2) is 47.0 Å². The van der Waals surface area contributed by atoms with Gasteiger partial charge >= 0.3 is 0 Å². The Morgan fingerprint density at radius 3 is 2.86 bits per heavy atom. The molecule has 1 aliphatic heterocycles. The number of aliphatic hydroxyl groups excluding tert-OH is 1. The van der Waals surface area contributed by atoms with E-state index < -0.39 is 0 Å². The molecule has 21 heavy (non-hydrogen) atoms. The van der Waals surface area contributed by atoms with Gasteiger partial charge in [-0.25, -0.2) is 0 Å². The lowest BCUT2D eigenvalue weighted by atomic mass is 10.0. The summed E-state index contributed by atoms with van der Waals surface area (Å²) in [6, 6.07) is 14.1. The lowest BCUT2D eigenvalue weighted by Gasteiger charge is -2.03. The van der Waals surface area contributed by atoms with Gasteiger partial charge in [0.25, 0.3) is 0 Å². The topological polar surface area (TPSA) is 71.2 Å². The third kappa shape index (κ3) is 2.20. The molecule has 1 aliphatic rings. The molecular formula is C16H15N3O2. The van der Waals surface area contributed by atoms with Crippen LogP contribution < -0.4 is 5.32 Å². The third-order valence-corrected chi connectivity index (χ3v) is 3.88. The number of aliphatic hydroxyl groups is 1. The zero-order chi connectivity index (χ0) is 14.2. The molecule has 5 heteroatoms. The first-order chi connectivity index (χ1) is 10.3. The van der Waals surface area contributed by atoms with Gasteiger partial charge in [0, 0.05) is 12.1 Å². The molecule has 0 saturated carbocycles. The number of hydrogen-bond acceptors (Lipinski definition) is 5. The van der Waals surface area contributed by atoms with Crippen molar-refractivity contribution in [3.63, 3.8) is 0 Å². The first kappa shape index (κ1) is 12.5. The number of β-amino-alcohol motifs (C(OH)–C–C–N with tert-alkyl or cyclic N) is 1. The van der Waals surface area contributed by atoms with Crippen LogP contribution in [0.3, 0.4) is 0 Å². The van der Waals surface area contributed by atoms with Gasteiger partial charge in [-0.05, 0) is 17.2 Å². The fraction of sp³-hybridized carbons (Fsp3) is 0.250. The predicted octanol–water partition coefficient (Wildman–Crippen LogP) is 2.29. The minimum Gasteiger partial charge on any atom is -0.392 e. The maximum Gasteiger partial charge on any atom is 0.244 e. The summed E-state index contributed by atoms with van der Waals surface area (Å²) in [5, 5.41) is 19.1. The van der Waals surface area contributed by atoms with Crippen molar-refractivity contribution in [1.29, 1.82) is 0 Å². The first-order valence-electron chi connectivity index (χ1n) is 7.04. The summed E-state index contributed by atoms with van der Waals surface area (Å²) in [6.07, 6.45) is 0.264. The van der Waals surface area contributed by atoms with Gasteiger partial charge < -0.3 is 14.9 Å². The molecule has 1 aromatic heterocycles. The molecule has 2 N–H and O–H groups in total. The zero-order valence-electron chi connectivity index (χ0n) is 11.4. The molecule has 5 nitrogen and oxygen atoms in total. The third-order valence-electron chi connectivity index (χ3n) is 3.88. The largest absolute Gasteiger partial charge is 0.392 e. The Morgan fingerprint density at radius 1 is 1.14 bits per heavy atom. The number of hydrogen-bond donors (Lipinski definition) is 2. The molecule has 0 amide bonds. The van der Waals surface area contributed by atoms with Crippen LogP contribution >= 0.6 is 0 Å². The molecule has 1 saturated heterocycles. The SMILES string of the molecule is OC1CNC(c2nc(-c3cccc4ccccc34)no2)C1. The van der Waals surface area contributed by atoms with Crippen molar-refractivity contribution in [2.24, 2.45) is 0 Å². The van der Waals surface area contributed by atoms with Crippen molar-refractivity contribution in [1.82, 2.24) is 15.5 Å². The number of rotatable bonds is 2. The number of aromatic nitrogens is 2. The summed E-state index contributed by atoms with van der Waals surface area (Å²) >= 11 is 0. The van der Waals surface area contributed by atoms with E-state index in [1.165, 1.54) is 0 Å². The number of benzene rings is 2. The van der Waals surface area contributed by atoms with Crippen LogP contribution in [0.2, 0.25) is 0 Å². The van der Waals surface area contributed by atoms with Gasteiger partial charge in [-0.1, -0.05) is 47.6 Å². The van der Waals surface area contributed by atoms with Crippen molar-refractivity contribution >= 4 is 10.8 Å². The lowest BCUT2D eigenvalue weighted by molar-refractivity contribution is 0.191. The molecule has 4 rings (SSSR count). The predicted molar refractivity (Wildman–Crippen MR) is 78.6 cm³/mol. The Bertz CT molecular complexity index is 779. The Labute approximate surface area is 121 Å². The fourth-order valence-corrected chi connectivity index (χ4v) is 2.81. The van der Waals surface area contributed by atoms with E-state index in [0.717, 1.165) is 16.3 Å². The smallest absolute Gasteiger partial charge is 0.244 e. The highest BCUT2D eigenvalue weighted by molar-refractivity contribution is 5.94. The molecule has 0 bridgehead atoms. The van der Waals surface area contributed by atoms with E-state index in [1.807, 2.05) is 24.3 Å². The van der Waals surface area contributed by atoms with Crippen molar-refractivity contribution in [3.05, 3.63) is 48.4 Å². The van der Waals surface area contributed by atoms with E-state index in [-0.39, 0.29) is 12.1 Å². The minimum absolute atomic E-state index is 0.0590. The Morgan fingerprint density at radius 2 is 2.00 bits per heavy atom. The van der Waals surface area contributed by atoms with Gasteiger partial charge in [-0.15, -0.1) is 0 Å². The molecule has 1 fully saturated rings. The molecular weight excluding hydrogens is 266 g/mol. The molecule has 106 valence electrons. The van der Waals surface area contributed by atoms with Crippen LogP contribution in [0.4, 0.5) is 0 Å². The van der Waals surface area contributed by atoms with Crippen LogP contribution in [0.5, 0.6) is 0 Å². The maximum atomic E-state index is 9.57. The highest BCUT2D eigenvalue weighted by atomic mass is 16.5. The van der Waals surface area contributed by atoms with Crippen LogP contribution in [-0.4, -0.2) is 27.9 Å². The summed E-state index contributed by atoms with van der Waals surface area (Å²) in [6.45, 7) is 0.566. The van der Waals surface area contributed by atoms with Crippen molar-refractivity contribution < 1.29 is 9.63 Å². The monoisotopic (exact) mass is 281 g/mol. The van der Waals surface area contributed by atoms with E-state index >= 15 is 0 Å². The highest BCUT2D eigenvalue weighted by Gasteiger charge is 2.28. The van der Waals surface area contributed by atoms with Crippen LogP contribution in [0, 0.1) is 0 Å². The van der Waals surface area contributed by atoms with Gasteiger partial charge in [0.1, 0.15) is 0 Å². The Hall–Kier alpha value is -2.24. The fourth-order valence-electron chi connectivity index (χ4n) is 2.81. The van der Waals surface area contributed by atoms with Gasteiger partial charge in [0.05, 0.1) is 12.1 Å². The standard InChI is InChI=1S/C16H15N3O2/c20-11-8-14(17-9-11)16-18-15(19-21-16)13-7-3-5-10-4-1-2-6-12(10)13/h1-7,11,14,17,20H,8-9H2. The van der Waals surface area contributed by atoms with Crippen molar-refractivity contribution in [3.8, 4) is 11.4 Å². The summed E-state index contributed by atoms with van der Waals surface area (Å²) in [5.41, 5.74) is 0.960. The van der Waals surface area contributed by atoms with E-state index in [4.69, 9.17) is 4.52 Å². The highest BCUT2D eigenvalue weighted by Crippen LogP contribution is 2.29. The summed E-state index contributed by atoms with van der Waals surface area (Å²) in [4.78, 5) is 4.50. The molecule has 2 aromatic carbocycles. The van der Waals surface area contributed by atoms with Gasteiger partial charge in [0.15, 0.2) is 0 Å². The second kappa shape index (κ2) is 4.95. The van der Waals surface area contributed by atoms with E-state index in [1.54, 1.807) is 0 Å². The summed E-state index contributed by atoms with van der Waals surface area (Å²) in [7, 11) is 0. The quantitative estimate of drug-likeness (QED) is 0.754. The van der Waals surface area contributed by atoms with Gasteiger partial charge in [0.2, 0.25) is 11.7 Å². The van der Waals surface area contributed by atoms with Gasteiger partial charge in [-0.3, -0.25) is 0 Å². The molecule has 3 aromatic rings. The summed E-state index contributed by atoms with van der Waals surface area (Å²) in [5.74, 6) is 1.12. The Kier molecular flexibility index (Phi) is 2.94. The molecule has 0 radical (unpaired) electrons. The lowest BCUT2D eigenvalue weighted by Crippen LogP contribution is -2.15. The first-order valence-corrected chi connectivity index (χ1v) is 7.04. The van der Waals surface area contributed by atoms with Crippen LogP contribution in [0.1, 0.15) is 18.4 Å². The molecule has 0 spiro atoms. The molecule has 2 heterocycles. The average Bonchev–Trinajstić information content (AvgIpc) is 3.15. The molecule has 2 atom stereocenters. The van der Waals surface area contributed by atoms with Crippen molar-refractivity contribution in [2.45, 2.75) is 18.6 Å². The normalized spacial score (nSPS) is 22.0. The number of nitrogens with one attached hydrogen (secondary N) is 1. The zero-order valence-corrected chi connectivity index (χ0v) is 11.4. The molecule has 0 aliphatic carbocycles. The van der Waals surface area contributed by atoms with Gasteiger partial charge in [-0.2, -0.15) is 4.98 Å². The molecule has 2 unspecified atom stereocenters. The van der Waals surface area contributed by atoms with E-state index in [2.05, 4.69) is 33.7 Å². The maximum absolute atomic E-state index is 9.57. The van der Waals surface area contributed by atoms with E-state index in [9.17, 15) is 5.11 Å².